The Labute approximate surface area is 144 Å². The number of nitrogens with zero attached hydrogens (tertiary/aromatic N) is 1. The van der Waals surface area contributed by atoms with Gasteiger partial charge in [-0.25, -0.2) is 0 Å². The first kappa shape index (κ1) is 17.2. The lowest BCUT2D eigenvalue weighted by atomic mass is 9.99. The van der Waals surface area contributed by atoms with E-state index in [-0.39, 0.29) is 24.0 Å². The molecule has 24 heavy (non-hydrogen) atoms. The van der Waals surface area contributed by atoms with Gasteiger partial charge in [0.15, 0.2) is 0 Å². The summed E-state index contributed by atoms with van der Waals surface area (Å²) >= 11 is 0. The van der Waals surface area contributed by atoms with E-state index in [2.05, 4.69) is 36.2 Å². The van der Waals surface area contributed by atoms with Gasteiger partial charge in [0.2, 0.25) is 5.91 Å². The molecule has 3 rings (SSSR count). The van der Waals surface area contributed by atoms with Crippen LogP contribution < -0.4 is 10.1 Å². The molecule has 0 aromatic heterocycles. The zero-order chi connectivity index (χ0) is 17.1. The molecule has 0 saturated carbocycles. The van der Waals surface area contributed by atoms with Crippen LogP contribution in [0.2, 0.25) is 0 Å². The highest BCUT2D eigenvalue weighted by molar-refractivity contribution is 5.79. The monoisotopic (exact) mass is 332 g/mol. The van der Waals surface area contributed by atoms with Crippen LogP contribution in [0, 0.1) is 11.8 Å². The van der Waals surface area contributed by atoms with Crippen molar-refractivity contribution in [3.05, 3.63) is 29.8 Å². The zero-order valence-corrected chi connectivity index (χ0v) is 14.8. The molecule has 5 heteroatoms. The maximum atomic E-state index is 12.4. The molecule has 0 unspecified atom stereocenters. The van der Waals surface area contributed by atoms with E-state index in [4.69, 9.17) is 9.47 Å². The van der Waals surface area contributed by atoms with Gasteiger partial charge in [-0.05, 0) is 30.0 Å². The topological polar surface area (TPSA) is 50.8 Å². The molecule has 0 aliphatic carbocycles. The highest BCUT2D eigenvalue weighted by Gasteiger charge is 2.44. The van der Waals surface area contributed by atoms with Crippen LogP contribution in [0.25, 0.3) is 0 Å². The number of methoxy groups -OCH3 is 1. The first-order valence-electron chi connectivity index (χ1n) is 8.83. The van der Waals surface area contributed by atoms with Gasteiger partial charge in [-0.3, -0.25) is 9.69 Å². The maximum Gasteiger partial charge on any atom is 0.225 e. The van der Waals surface area contributed by atoms with Crippen molar-refractivity contribution in [1.29, 1.82) is 0 Å². The predicted molar refractivity (Wildman–Crippen MR) is 92.9 cm³/mol. The van der Waals surface area contributed by atoms with Gasteiger partial charge < -0.3 is 14.8 Å². The molecular formula is C19H28N2O3. The number of carbonyl (C=O) groups is 1. The third-order valence-corrected chi connectivity index (χ3v) is 4.79. The van der Waals surface area contributed by atoms with E-state index in [1.54, 1.807) is 7.11 Å². The summed E-state index contributed by atoms with van der Waals surface area (Å²) in [5, 5.41) is 3.06. The number of morpholine rings is 1. The van der Waals surface area contributed by atoms with E-state index in [1.807, 2.05) is 12.1 Å². The molecule has 2 fully saturated rings. The molecule has 0 radical (unpaired) electrons. The molecule has 1 aromatic rings. The van der Waals surface area contributed by atoms with Crippen molar-refractivity contribution in [3.63, 3.8) is 0 Å². The minimum absolute atomic E-state index is 0.0101. The lowest BCUT2D eigenvalue weighted by Gasteiger charge is -2.32. The van der Waals surface area contributed by atoms with Crippen molar-refractivity contribution in [1.82, 2.24) is 10.2 Å². The number of hydrogen-bond donors (Lipinski definition) is 1. The fourth-order valence-corrected chi connectivity index (χ4v) is 3.61. The minimum Gasteiger partial charge on any atom is -0.497 e. The summed E-state index contributed by atoms with van der Waals surface area (Å²) in [6.07, 6.45) is 1.02. The Balaban J connectivity index is 1.58. The maximum absolute atomic E-state index is 12.4. The smallest absolute Gasteiger partial charge is 0.225 e. The Morgan fingerprint density at radius 1 is 1.42 bits per heavy atom. The van der Waals surface area contributed by atoms with Gasteiger partial charge in [0, 0.05) is 26.2 Å². The number of rotatable bonds is 6. The zero-order valence-electron chi connectivity index (χ0n) is 14.8. The van der Waals surface area contributed by atoms with Crippen LogP contribution in [-0.2, 0) is 16.1 Å². The van der Waals surface area contributed by atoms with Crippen LogP contribution in [0.15, 0.2) is 24.3 Å². The Morgan fingerprint density at radius 2 is 2.25 bits per heavy atom. The highest BCUT2D eigenvalue weighted by atomic mass is 16.5. The van der Waals surface area contributed by atoms with Crippen molar-refractivity contribution in [2.75, 3.05) is 26.7 Å². The van der Waals surface area contributed by atoms with Gasteiger partial charge in [0.25, 0.3) is 0 Å². The van der Waals surface area contributed by atoms with Crippen LogP contribution in [0.5, 0.6) is 5.75 Å². The fourth-order valence-electron chi connectivity index (χ4n) is 3.61. The highest BCUT2D eigenvalue weighted by Crippen LogP contribution is 2.33. The Morgan fingerprint density at radius 3 is 3.00 bits per heavy atom. The summed E-state index contributed by atoms with van der Waals surface area (Å²) in [7, 11) is 1.69. The molecule has 1 amide bonds. The summed E-state index contributed by atoms with van der Waals surface area (Å²) in [5.41, 5.74) is 1.23. The molecule has 1 aromatic carbocycles. The third-order valence-electron chi connectivity index (χ3n) is 4.79. The van der Waals surface area contributed by atoms with E-state index in [0.29, 0.717) is 5.92 Å². The Bertz CT molecular complexity index is 575. The van der Waals surface area contributed by atoms with E-state index in [9.17, 15) is 4.79 Å². The van der Waals surface area contributed by atoms with Gasteiger partial charge in [-0.1, -0.05) is 26.0 Å². The fraction of sp³-hybridized carbons (Fsp3) is 0.632. The second-order valence-electron chi connectivity index (χ2n) is 7.32. The van der Waals surface area contributed by atoms with Gasteiger partial charge in [-0.15, -0.1) is 0 Å². The van der Waals surface area contributed by atoms with E-state index in [1.165, 1.54) is 5.56 Å². The van der Waals surface area contributed by atoms with E-state index < -0.39 is 0 Å². The number of carbonyl (C=O) groups excluding carboxylic acids is 1. The standard InChI is InChI=1S/C19H28N2O3/c1-13(2)9-20-19(22)17-8-16-11-21(12-18(17)24-16)10-14-5-4-6-15(7-14)23-3/h4-7,13,16-18H,8-12H2,1-3H3,(H,20,22)/t16-,17+,18-/m0/s1. The molecule has 2 heterocycles. The third kappa shape index (κ3) is 4.08. The summed E-state index contributed by atoms with van der Waals surface area (Å²) < 4.78 is 11.3. The number of nitrogens with one attached hydrogen (secondary N) is 1. The van der Waals surface area contributed by atoms with E-state index in [0.717, 1.165) is 38.3 Å². The second kappa shape index (κ2) is 7.53. The summed E-state index contributed by atoms with van der Waals surface area (Å²) in [6, 6.07) is 8.17. The number of fused-ring (bicyclic) bond motifs is 2. The van der Waals surface area contributed by atoms with Crippen LogP contribution >= 0.6 is 0 Å². The quantitative estimate of drug-likeness (QED) is 0.866. The molecule has 2 aliphatic rings. The summed E-state index contributed by atoms with van der Waals surface area (Å²) in [6.45, 7) is 7.53. The van der Waals surface area contributed by atoms with Crippen molar-refractivity contribution in [2.45, 2.75) is 39.0 Å². The first-order chi connectivity index (χ1) is 11.5. The molecule has 2 bridgehead atoms. The second-order valence-corrected chi connectivity index (χ2v) is 7.32. The predicted octanol–water partition coefficient (Wildman–Crippen LogP) is 2.06. The van der Waals surface area contributed by atoms with E-state index >= 15 is 0 Å². The molecule has 1 N–H and O–H groups in total. The average Bonchev–Trinajstić information content (AvgIpc) is 2.87. The normalized spacial score (nSPS) is 26.6. The average molecular weight is 332 g/mol. The summed E-state index contributed by atoms with van der Waals surface area (Å²) in [4.78, 5) is 14.8. The SMILES string of the molecule is COc1cccc(CN2C[C@@H]3C[C@@H](C(=O)NCC(C)C)[C@H](C2)O3)c1. The van der Waals surface area contributed by atoms with Gasteiger partial charge >= 0.3 is 0 Å². The number of amides is 1. The number of likely N-dealkylation sites (tertiary alicyclic amines) is 1. The number of benzene rings is 1. The molecule has 5 nitrogen and oxygen atoms in total. The van der Waals surface area contributed by atoms with Gasteiger partial charge in [-0.2, -0.15) is 0 Å². The molecule has 132 valence electrons. The molecule has 3 atom stereocenters. The van der Waals surface area contributed by atoms with Crippen LogP contribution in [0.3, 0.4) is 0 Å². The van der Waals surface area contributed by atoms with Gasteiger partial charge in [0.05, 0.1) is 25.2 Å². The number of hydrogen-bond acceptors (Lipinski definition) is 4. The Kier molecular flexibility index (Phi) is 5.41. The van der Waals surface area contributed by atoms with Crippen molar-refractivity contribution in [3.8, 4) is 5.75 Å². The molecule has 0 spiro atoms. The van der Waals surface area contributed by atoms with Crippen LogP contribution in [-0.4, -0.2) is 49.8 Å². The molecule has 2 aliphatic heterocycles. The van der Waals surface area contributed by atoms with Crippen LogP contribution in [0.1, 0.15) is 25.8 Å². The molecule has 2 saturated heterocycles. The van der Waals surface area contributed by atoms with Gasteiger partial charge in [0.1, 0.15) is 5.75 Å². The lowest BCUT2D eigenvalue weighted by molar-refractivity contribution is -0.128. The van der Waals surface area contributed by atoms with Crippen LogP contribution in [0.4, 0.5) is 0 Å². The van der Waals surface area contributed by atoms with Crippen molar-refractivity contribution < 1.29 is 14.3 Å². The number of ether oxygens (including phenoxy) is 2. The molecular weight excluding hydrogens is 304 g/mol. The van der Waals surface area contributed by atoms with Crippen molar-refractivity contribution >= 4 is 5.91 Å². The first-order valence-corrected chi connectivity index (χ1v) is 8.83. The Hall–Kier alpha value is -1.59. The summed E-state index contributed by atoms with van der Waals surface area (Å²) in [5.74, 6) is 1.50. The minimum atomic E-state index is -0.0101. The van der Waals surface area contributed by atoms with Crippen molar-refractivity contribution in [2.24, 2.45) is 11.8 Å². The largest absolute Gasteiger partial charge is 0.497 e. The lowest BCUT2D eigenvalue weighted by Crippen LogP contribution is -2.45.